The number of anilines is 6. The lowest BCUT2D eigenvalue weighted by atomic mass is 9.95. The quantitative estimate of drug-likeness (QED) is 0.186. The third kappa shape index (κ3) is 4.54. The molecule has 0 saturated carbocycles. The lowest BCUT2D eigenvalue weighted by molar-refractivity contribution is 1.26. The Balaban J connectivity index is 1.50. The molecule has 0 unspecified atom stereocenters. The summed E-state index contributed by atoms with van der Waals surface area (Å²) in [7, 11) is 0. The van der Waals surface area contributed by atoms with E-state index in [0.717, 1.165) is 34.1 Å². The highest BCUT2D eigenvalue weighted by molar-refractivity contribution is 6.20. The van der Waals surface area contributed by atoms with Crippen LogP contribution in [0.4, 0.5) is 34.1 Å². The Kier molecular flexibility index (Phi) is 6.51. The minimum absolute atomic E-state index is 1.10. The van der Waals surface area contributed by atoms with Crippen LogP contribution in [0.3, 0.4) is 0 Å². The summed E-state index contributed by atoms with van der Waals surface area (Å²) < 4.78 is 0. The van der Waals surface area contributed by atoms with Crippen LogP contribution in [0.2, 0.25) is 0 Å². The summed E-state index contributed by atoms with van der Waals surface area (Å²) in [5.74, 6) is 0. The zero-order chi connectivity index (χ0) is 29.3. The van der Waals surface area contributed by atoms with Crippen LogP contribution in [-0.2, 0) is 0 Å². The molecule has 0 fully saturated rings. The molecule has 208 valence electrons. The van der Waals surface area contributed by atoms with Crippen LogP contribution in [0.1, 0.15) is 0 Å². The van der Waals surface area contributed by atoms with Crippen molar-refractivity contribution in [2.75, 3.05) is 9.80 Å². The zero-order valence-electron chi connectivity index (χ0n) is 24.2. The van der Waals surface area contributed by atoms with E-state index in [1.165, 1.54) is 32.3 Å². The van der Waals surface area contributed by atoms with Gasteiger partial charge in [-0.1, -0.05) is 121 Å². The number of hydrogen-bond donors (Lipinski definition) is 0. The molecule has 0 aromatic heterocycles. The van der Waals surface area contributed by atoms with E-state index in [4.69, 9.17) is 0 Å². The van der Waals surface area contributed by atoms with Gasteiger partial charge < -0.3 is 9.80 Å². The summed E-state index contributed by atoms with van der Waals surface area (Å²) >= 11 is 0. The van der Waals surface area contributed by atoms with Gasteiger partial charge in [-0.05, 0) is 87.6 Å². The van der Waals surface area contributed by atoms with Crippen LogP contribution >= 0.6 is 0 Å². The van der Waals surface area contributed by atoms with Crippen molar-refractivity contribution >= 4 is 66.4 Å². The minimum Gasteiger partial charge on any atom is -0.310 e. The monoisotopic (exact) mass is 562 g/mol. The van der Waals surface area contributed by atoms with Gasteiger partial charge in [0.1, 0.15) is 0 Å². The summed E-state index contributed by atoms with van der Waals surface area (Å²) in [6.45, 7) is 0. The maximum Gasteiger partial charge on any atom is 0.0561 e. The molecule has 8 rings (SSSR count). The Morgan fingerprint density at radius 2 is 0.682 bits per heavy atom. The van der Waals surface area contributed by atoms with Crippen molar-refractivity contribution in [1.82, 2.24) is 0 Å². The van der Waals surface area contributed by atoms with E-state index in [1.54, 1.807) is 0 Å². The number of hydrogen-bond acceptors (Lipinski definition) is 2. The van der Waals surface area contributed by atoms with Crippen molar-refractivity contribution in [3.8, 4) is 0 Å². The Morgan fingerprint density at radius 1 is 0.250 bits per heavy atom. The molecular weight excluding hydrogens is 532 g/mol. The molecule has 8 aromatic rings. The standard InChI is InChI=1S/C42H30N2/c1-5-16-32(17-6-1)43(33-18-7-2-8-19-33)36-29-41-39-26-25-31-15-13-14-24-37(31)38(39)27-28-40(41)42(30-36)44(34-20-9-3-10-21-34)35-22-11-4-12-23-35/h1-30H. The number of rotatable bonds is 6. The molecule has 8 aromatic carbocycles. The molecule has 0 saturated heterocycles. The second-order valence-electron chi connectivity index (χ2n) is 11.0. The Labute approximate surface area is 257 Å². The summed E-state index contributed by atoms with van der Waals surface area (Å²) in [6.07, 6.45) is 0. The van der Waals surface area contributed by atoms with E-state index in [1.807, 2.05) is 0 Å². The van der Waals surface area contributed by atoms with Crippen molar-refractivity contribution < 1.29 is 0 Å². The first-order valence-electron chi connectivity index (χ1n) is 15.0. The molecule has 0 heterocycles. The fourth-order valence-electron chi connectivity index (χ4n) is 6.39. The van der Waals surface area contributed by atoms with Crippen LogP contribution in [0.15, 0.2) is 182 Å². The first kappa shape index (κ1) is 25.8. The van der Waals surface area contributed by atoms with Gasteiger partial charge in [-0.2, -0.15) is 0 Å². The Hall–Kier alpha value is -5.86. The van der Waals surface area contributed by atoms with Crippen molar-refractivity contribution in [3.05, 3.63) is 182 Å². The van der Waals surface area contributed by atoms with E-state index < -0.39 is 0 Å². The van der Waals surface area contributed by atoms with Gasteiger partial charge in [0, 0.05) is 33.8 Å². The Bertz CT molecular complexity index is 2130. The minimum atomic E-state index is 1.10. The first-order valence-corrected chi connectivity index (χ1v) is 15.0. The third-order valence-corrected chi connectivity index (χ3v) is 8.38. The second kappa shape index (κ2) is 11.1. The van der Waals surface area contributed by atoms with Gasteiger partial charge in [-0.25, -0.2) is 0 Å². The highest BCUT2D eigenvalue weighted by atomic mass is 15.2. The van der Waals surface area contributed by atoms with Gasteiger partial charge in [0.15, 0.2) is 0 Å². The van der Waals surface area contributed by atoms with Crippen molar-refractivity contribution in [1.29, 1.82) is 0 Å². The van der Waals surface area contributed by atoms with Crippen molar-refractivity contribution in [2.45, 2.75) is 0 Å². The fourth-order valence-corrected chi connectivity index (χ4v) is 6.39. The van der Waals surface area contributed by atoms with Crippen LogP contribution in [0.5, 0.6) is 0 Å². The van der Waals surface area contributed by atoms with E-state index in [9.17, 15) is 0 Å². The third-order valence-electron chi connectivity index (χ3n) is 8.38. The molecule has 0 radical (unpaired) electrons. The molecule has 2 heteroatoms. The molecule has 0 N–H and O–H groups in total. The topological polar surface area (TPSA) is 6.48 Å². The highest BCUT2D eigenvalue weighted by Crippen LogP contribution is 2.46. The average molecular weight is 563 g/mol. The molecule has 44 heavy (non-hydrogen) atoms. The van der Waals surface area contributed by atoms with E-state index in [-0.39, 0.29) is 0 Å². The molecule has 2 nitrogen and oxygen atoms in total. The van der Waals surface area contributed by atoms with Crippen LogP contribution in [-0.4, -0.2) is 0 Å². The van der Waals surface area contributed by atoms with Crippen molar-refractivity contribution in [2.24, 2.45) is 0 Å². The normalized spacial score (nSPS) is 11.2. The first-order chi connectivity index (χ1) is 21.8. The molecular formula is C42H30N2. The van der Waals surface area contributed by atoms with Gasteiger partial charge in [0.2, 0.25) is 0 Å². The largest absolute Gasteiger partial charge is 0.310 e. The van der Waals surface area contributed by atoms with E-state index in [0.29, 0.717) is 0 Å². The number of benzene rings is 8. The molecule has 0 bridgehead atoms. The molecule has 0 aliphatic rings. The molecule has 0 amide bonds. The Morgan fingerprint density at radius 3 is 1.25 bits per heavy atom. The van der Waals surface area contributed by atoms with Gasteiger partial charge in [-0.3, -0.25) is 0 Å². The number of para-hydroxylation sites is 4. The highest BCUT2D eigenvalue weighted by Gasteiger charge is 2.21. The average Bonchev–Trinajstić information content (AvgIpc) is 3.10. The lowest BCUT2D eigenvalue weighted by Gasteiger charge is -2.31. The maximum absolute atomic E-state index is 2.38. The van der Waals surface area contributed by atoms with Crippen LogP contribution in [0, 0.1) is 0 Å². The lowest BCUT2D eigenvalue weighted by Crippen LogP contribution is -2.13. The molecule has 0 aliphatic carbocycles. The summed E-state index contributed by atoms with van der Waals surface area (Å²) in [6, 6.07) is 65.1. The SMILES string of the molecule is c1ccc(N(c2ccccc2)c2cc(N(c3ccccc3)c3ccccc3)c3ccc4c5ccccc5ccc4c3c2)cc1. The predicted molar refractivity (Wildman–Crippen MR) is 188 cm³/mol. The summed E-state index contributed by atoms with van der Waals surface area (Å²) in [5.41, 5.74) is 6.68. The predicted octanol–water partition coefficient (Wildman–Crippen LogP) is 12.1. The molecule has 0 atom stereocenters. The van der Waals surface area contributed by atoms with Crippen molar-refractivity contribution in [3.63, 3.8) is 0 Å². The smallest absolute Gasteiger partial charge is 0.0561 e. The van der Waals surface area contributed by atoms with E-state index >= 15 is 0 Å². The second-order valence-corrected chi connectivity index (χ2v) is 11.0. The summed E-state index contributed by atoms with van der Waals surface area (Å²) in [5, 5.41) is 7.44. The van der Waals surface area contributed by atoms with Gasteiger partial charge in [0.05, 0.1) is 5.69 Å². The zero-order valence-corrected chi connectivity index (χ0v) is 24.2. The van der Waals surface area contributed by atoms with E-state index in [2.05, 4.69) is 192 Å². The van der Waals surface area contributed by atoms with Gasteiger partial charge in [-0.15, -0.1) is 0 Å². The number of nitrogens with zero attached hydrogens (tertiary/aromatic N) is 2. The van der Waals surface area contributed by atoms with Crippen LogP contribution < -0.4 is 9.80 Å². The van der Waals surface area contributed by atoms with Gasteiger partial charge >= 0.3 is 0 Å². The fraction of sp³-hybridized carbons (Fsp3) is 0. The van der Waals surface area contributed by atoms with Gasteiger partial charge in [0.25, 0.3) is 0 Å². The summed E-state index contributed by atoms with van der Waals surface area (Å²) in [4.78, 5) is 4.74. The number of fused-ring (bicyclic) bond motifs is 5. The van der Waals surface area contributed by atoms with Crippen LogP contribution in [0.25, 0.3) is 32.3 Å². The maximum atomic E-state index is 2.38. The molecule has 0 spiro atoms. The molecule has 0 aliphatic heterocycles.